The van der Waals surface area contributed by atoms with Crippen LogP contribution in [0.2, 0.25) is 5.02 Å². The van der Waals surface area contributed by atoms with Crippen LogP contribution in [0.1, 0.15) is 20.8 Å². The zero-order valence-corrected chi connectivity index (χ0v) is 11.9. The zero-order valence-electron chi connectivity index (χ0n) is 10.3. The van der Waals surface area contributed by atoms with Gasteiger partial charge < -0.3 is 4.74 Å². The second kappa shape index (κ2) is 4.74. The molecule has 0 atom stereocenters. The van der Waals surface area contributed by atoms with Gasteiger partial charge in [-0.05, 0) is 32.9 Å². The fraction of sp³-hybridized carbons (Fsp3) is 0.333. The highest BCUT2D eigenvalue weighted by atomic mass is 35.5. The number of halogens is 1. The van der Waals surface area contributed by atoms with Crippen molar-refractivity contribution in [1.82, 2.24) is 4.98 Å². The quantitative estimate of drug-likeness (QED) is 0.849. The average molecular weight is 285 g/mol. The van der Waals surface area contributed by atoms with E-state index in [4.69, 9.17) is 16.3 Å². The summed E-state index contributed by atoms with van der Waals surface area (Å²) in [4.78, 5) is 15.9. The minimum Gasteiger partial charge on any atom is -0.444 e. The summed E-state index contributed by atoms with van der Waals surface area (Å²) in [5, 5.41) is 3.09. The Morgan fingerprint density at radius 2 is 2.17 bits per heavy atom. The summed E-state index contributed by atoms with van der Waals surface area (Å²) < 4.78 is 6.15. The van der Waals surface area contributed by atoms with E-state index in [1.54, 1.807) is 32.3 Å². The summed E-state index contributed by atoms with van der Waals surface area (Å²) in [6.07, 6.45) is -0.537. The molecule has 0 bridgehead atoms. The smallest absolute Gasteiger partial charge is 0.412 e. The summed E-state index contributed by atoms with van der Waals surface area (Å²) in [7, 11) is 0. The predicted octanol–water partition coefficient (Wildman–Crippen LogP) is 4.30. The molecule has 6 heteroatoms. The maximum absolute atomic E-state index is 11.7. The molecule has 0 fully saturated rings. The number of nitrogens with zero attached hydrogens (tertiary/aromatic N) is 1. The summed E-state index contributed by atoms with van der Waals surface area (Å²) in [5.41, 5.74) is 2.33. The number of amides is 1. The Morgan fingerprint density at radius 1 is 1.44 bits per heavy atom. The number of aromatic nitrogens is 1. The predicted molar refractivity (Wildman–Crippen MR) is 74.5 cm³/mol. The number of hydrogen-bond donors (Lipinski definition) is 1. The number of anilines is 1. The fourth-order valence-corrected chi connectivity index (χ4v) is 2.32. The van der Waals surface area contributed by atoms with Crippen molar-refractivity contribution in [2.45, 2.75) is 26.4 Å². The summed E-state index contributed by atoms with van der Waals surface area (Å²) in [6, 6.07) is 3.60. The second-order valence-electron chi connectivity index (χ2n) is 4.75. The standard InChI is InChI=1S/C12H13ClN2O2S/c1-12(2,3)17-11(16)15-9-7(13)4-5-8-10(9)14-6-18-8/h4-6H,1-3H3,(H,15,16). The van der Waals surface area contributed by atoms with Gasteiger partial charge in [-0.25, -0.2) is 9.78 Å². The maximum Gasteiger partial charge on any atom is 0.412 e. The van der Waals surface area contributed by atoms with Gasteiger partial charge in [0.2, 0.25) is 0 Å². The van der Waals surface area contributed by atoms with Gasteiger partial charge >= 0.3 is 6.09 Å². The van der Waals surface area contributed by atoms with Crippen molar-refractivity contribution in [2.24, 2.45) is 0 Å². The van der Waals surface area contributed by atoms with E-state index in [0.29, 0.717) is 16.2 Å². The molecule has 0 aliphatic heterocycles. The van der Waals surface area contributed by atoms with Gasteiger partial charge in [-0.3, -0.25) is 5.32 Å². The number of fused-ring (bicyclic) bond motifs is 1. The van der Waals surface area contributed by atoms with Gasteiger partial charge in [0.15, 0.2) is 0 Å². The first-order valence-electron chi connectivity index (χ1n) is 5.38. The van der Waals surface area contributed by atoms with Gasteiger partial charge in [-0.1, -0.05) is 11.6 Å². The average Bonchev–Trinajstić information content (AvgIpc) is 2.67. The van der Waals surface area contributed by atoms with Crippen molar-refractivity contribution in [3.63, 3.8) is 0 Å². The van der Waals surface area contributed by atoms with Crippen LogP contribution in [0.4, 0.5) is 10.5 Å². The van der Waals surface area contributed by atoms with Crippen LogP contribution in [-0.4, -0.2) is 16.7 Å². The fourth-order valence-electron chi connectivity index (χ4n) is 1.43. The van der Waals surface area contributed by atoms with Crippen LogP contribution in [0.3, 0.4) is 0 Å². The number of nitrogens with one attached hydrogen (secondary N) is 1. The number of thiazole rings is 1. The summed E-state index contributed by atoms with van der Waals surface area (Å²) in [5.74, 6) is 0. The van der Waals surface area contributed by atoms with Crippen LogP contribution in [0.25, 0.3) is 10.2 Å². The van der Waals surface area contributed by atoms with Gasteiger partial charge in [0.25, 0.3) is 0 Å². The lowest BCUT2D eigenvalue weighted by atomic mass is 10.2. The lowest BCUT2D eigenvalue weighted by molar-refractivity contribution is 0.0636. The molecule has 4 nitrogen and oxygen atoms in total. The normalized spacial score (nSPS) is 11.6. The van der Waals surface area contributed by atoms with Crippen LogP contribution >= 0.6 is 22.9 Å². The highest BCUT2D eigenvalue weighted by molar-refractivity contribution is 7.16. The molecule has 0 aliphatic rings. The molecule has 1 amide bonds. The van der Waals surface area contributed by atoms with Gasteiger partial charge in [0, 0.05) is 0 Å². The highest BCUT2D eigenvalue weighted by Crippen LogP contribution is 2.32. The van der Waals surface area contributed by atoms with Gasteiger partial charge in [-0.15, -0.1) is 11.3 Å². The van der Waals surface area contributed by atoms with Crippen LogP contribution in [-0.2, 0) is 4.74 Å². The highest BCUT2D eigenvalue weighted by Gasteiger charge is 2.18. The Bertz CT molecular complexity index is 589. The van der Waals surface area contributed by atoms with Crippen molar-refractivity contribution in [1.29, 1.82) is 0 Å². The number of ether oxygens (including phenoxy) is 1. The Hall–Kier alpha value is -1.33. The molecule has 0 spiro atoms. The zero-order chi connectivity index (χ0) is 13.3. The molecule has 0 radical (unpaired) electrons. The van der Waals surface area contributed by atoms with E-state index in [1.807, 2.05) is 6.07 Å². The Balaban J connectivity index is 2.28. The SMILES string of the molecule is CC(C)(C)OC(=O)Nc1c(Cl)ccc2scnc12. The Kier molecular flexibility index (Phi) is 3.45. The van der Waals surface area contributed by atoms with Crippen molar-refractivity contribution in [3.05, 3.63) is 22.7 Å². The van der Waals surface area contributed by atoms with Gasteiger partial charge in [0.05, 0.1) is 20.9 Å². The van der Waals surface area contributed by atoms with E-state index in [2.05, 4.69) is 10.3 Å². The molecule has 18 heavy (non-hydrogen) atoms. The van der Waals surface area contributed by atoms with Crippen LogP contribution in [0.15, 0.2) is 17.6 Å². The van der Waals surface area contributed by atoms with Crippen molar-refractivity contribution < 1.29 is 9.53 Å². The minimum atomic E-state index is -0.549. The van der Waals surface area contributed by atoms with Crippen molar-refractivity contribution >= 4 is 44.9 Å². The van der Waals surface area contributed by atoms with E-state index in [9.17, 15) is 4.79 Å². The number of benzene rings is 1. The molecule has 2 rings (SSSR count). The largest absolute Gasteiger partial charge is 0.444 e. The van der Waals surface area contributed by atoms with Crippen LogP contribution in [0.5, 0.6) is 0 Å². The van der Waals surface area contributed by atoms with Gasteiger partial charge in [0.1, 0.15) is 11.1 Å². The molecule has 1 aromatic heterocycles. The number of carbonyl (C=O) groups excluding carboxylic acids is 1. The van der Waals surface area contributed by atoms with Crippen LogP contribution < -0.4 is 5.32 Å². The lowest BCUT2D eigenvalue weighted by Gasteiger charge is -2.20. The van der Waals surface area contributed by atoms with E-state index in [-0.39, 0.29) is 0 Å². The first-order valence-corrected chi connectivity index (χ1v) is 6.64. The molecule has 2 aromatic rings. The molecule has 0 saturated heterocycles. The third-order valence-corrected chi connectivity index (χ3v) is 3.19. The topological polar surface area (TPSA) is 51.2 Å². The Labute approximate surface area is 114 Å². The van der Waals surface area contributed by atoms with E-state index >= 15 is 0 Å². The monoisotopic (exact) mass is 284 g/mol. The lowest BCUT2D eigenvalue weighted by Crippen LogP contribution is -2.27. The Morgan fingerprint density at radius 3 is 2.83 bits per heavy atom. The maximum atomic E-state index is 11.7. The van der Waals surface area contributed by atoms with Crippen molar-refractivity contribution in [2.75, 3.05) is 5.32 Å². The number of rotatable bonds is 1. The van der Waals surface area contributed by atoms with E-state index in [1.165, 1.54) is 11.3 Å². The van der Waals surface area contributed by atoms with E-state index < -0.39 is 11.7 Å². The molecule has 0 saturated carbocycles. The minimum absolute atomic E-state index is 0.444. The molecular formula is C12H13ClN2O2S. The second-order valence-corrected chi connectivity index (χ2v) is 6.04. The third-order valence-electron chi connectivity index (χ3n) is 2.08. The van der Waals surface area contributed by atoms with Gasteiger partial charge in [-0.2, -0.15) is 0 Å². The molecule has 0 unspecified atom stereocenters. The number of carbonyl (C=O) groups is 1. The van der Waals surface area contributed by atoms with Crippen molar-refractivity contribution in [3.8, 4) is 0 Å². The first-order chi connectivity index (χ1) is 8.37. The first kappa shape index (κ1) is 13.1. The molecule has 1 heterocycles. The molecule has 1 aromatic carbocycles. The molecule has 96 valence electrons. The number of hydrogen-bond acceptors (Lipinski definition) is 4. The molecular weight excluding hydrogens is 272 g/mol. The summed E-state index contributed by atoms with van der Waals surface area (Å²) >= 11 is 7.56. The molecule has 0 aliphatic carbocycles. The summed E-state index contributed by atoms with van der Waals surface area (Å²) in [6.45, 7) is 5.41. The van der Waals surface area contributed by atoms with E-state index in [0.717, 1.165) is 4.70 Å². The third kappa shape index (κ3) is 2.91. The van der Waals surface area contributed by atoms with Crippen LogP contribution in [0, 0.1) is 0 Å². The molecule has 1 N–H and O–H groups in total.